The lowest BCUT2D eigenvalue weighted by Gasteiger charge is -2.08. The molecular weight excluding hydrogens is 326 g/mol. The first kappa shape index (κ1) is 15.7. The zero-order valence-corrected chi connectivity index (χ0v) is 14.8. The standard InChI is InChI=1S/C22H19NOS/c1-16-9-11-19(12-10-16)24-22-14-13-21(25-22)23-15-18-7-4-6-17-5-2-3-8-20(17)18/h2-14,23H,15H2,1H3. The fourth-order valence-electron chi connectivity index (χ4n) is 2.82. The molecule has 0 aliphatic heterocycles. The summed E-state index contributed by atoms with van der Waals surface area (Å²) in [4.78, 5) is 0. The van der Waals surface area contributed by atoms with E-state index in [9.17, 15) is 0 Å². The van der Waals surface area contributed by atoms with Gasteiger partial charge in [-0.25, -0.2) is 0 Å². The van der Waals surface area contributed by atoms with E-state index in [2.05, 4.69) is 72.9 Å². The van der Waals surface area contributed by atoms with Crippen LogP contribution in [0.25, 0.3) is 10.8 Å². The van der Waals surface area contributed by atoms with Crippen molar-refractivity contribution < 1.29 is 4.74 Å². The van der Waals surface area contributed by atoms with E-state index in [4.69, 9.17) is 4.74 Å². The minimum atomic E-state index is 0.797. The van der Waals surface area contributed by atoms with Crippen LogP contribution in [-0.4, -0.2) is 0 Å². The third-order valence-corrected chi connectivity index (χ3v) is 5.07. The first-order valence-electron chi connectivity index (χ1n) is 8.33. The summed E-state index contributed by atoms with van der Waals surface area (Å²) in [6.07, 6.45) is 0. The second kappa shape index (κ2) is 6.99. The maximum atomic E-state index is 5.91. The number of hydrogen-bond donors (Lipinski definition) is 1. The highest BCUT2D eigenvalue weighted by Gasteiger charge is 2.04. The van der Waals surface area contributed by atoms with Gasteiger partial charge in [0, 0.05) is 6.54 Å². The number of aryl methyl sites for hydroxylation is 1. The Hall–Kier alpha value is -2.78. The summed E-state index contributed by atoms with van der Waals surface area (Å²) in [5.41, 5.74) is 2.53. The van der Waals surface area contributed by atoms with Gasteiger partial charge in [-0.2, -0.15) is 0 Å². The van der Waals surface area contributed by atoms with Gasteiger partial charge in [-0.3, -0.25) is 0 Å². The lowest BCUT2D eigenvalue weighted by Crippen LogP contribution is -1.98. The van der Waals surface area contributed by atoms with E-state index in [1.807, 2.05) is 18.2 Å². The summed E-state index contributed by atoms with van der Waals surface area (Å²) >= 11 is 1.62. The minimum absolute atomic E-state index is 0.797. The van der Waals surface area contributed by atoms with Crippen molar-refractivity contribution in [1.29, 1.82) is 0 Å². The van der Waals surface area contributed by atoms with Gasteiger partial charge in [-0.05, 0) is 47.5 Å². The molecule has 0 atom stereocenters. The van der Waals surface area contributed by atoms with Gasteiger partial charge >= 0.3 is 0 Å². The molecule has 0 radical (unpaired) electrons. The first-order valence-corrected chi connectivity index (χ1v) is 9.14. The fourth-order valence-corrected chi connectivity index (χ4v) is 3.59. The van der Waals surface area contributed by atoms with Crippen molar-refractivity contribution in [3.8, 4) is 10.8 Å². The Balaban J connectivity index is 1.45. The molecule has 0 saturated carbocycles. The average Bonchev–Trinajstić information content (AvgIpc) is 3.09. The van der Waals surface area contributed by atoms with Crippen molar-refractivity contribution in [3.05, 3.63) is 90.0 Å². The topological polar surface area (TPSA) is 21.3 Å². The molecule has 1 N–H and O–H groups in total. The molecule has 25 heavy (non-hydrogen) atoms. The number of rotatable bonds is 5. The molecule has 0 saturated heterocycles. The predicted molar refractivity (Wildman–Crippen MR) is 107 cm³/mol. The lowest BCUT2D eigenvalue weighted by atomic mass is 10.0. The number of ether oxygens (including phenoxy) is 1. The van der Waals surface area contributed by atoms with Crippen LogP contribution in [0.2, 0.25) is 0 Å². The number of thiophene rings is 1. The second-order valence-corrected chi connectivity index (χ2v) is 7.07. The van der Waals surface area contributed by atoms with Gasteiger partial charge in [0.2, 0.25) is 0 Å². The molecule has 1 aromatic heterocycles. The smallest absolute Gasteiger partial charge is 0.182 e. The van der Waals surface area contributed by atoms with Crippen LogP contribution >= 0.6 is 11.3 Å². The Morgan fingerprint density at radius 1 is 0.840 bits per heavy atom. The summed E-state index contributed by atoms with van der Waals surface area (Å²) in [6, 6.07) is 27.1. The summed E-state index contributed by atoms with van der Waals surface area (Å²) in [6.45, 7) is 2.87. The van der Waals surface area contributed by atoms with Crippen molar-refractivity contribution >= 4 is 27.1 Å². The largest absolute Gasteiger partial charge is 0.447 e. The van der Waals surface area contributed by atoms with Crippen LogP contribution in [0.1, 0.15) is 11.1 Å². The normalized spacial score (nSPS) is 10.8. The summed E-state index contributed by atoms with van der Waals surface area (Å²) in [7, 11) is 0. The first-order chi connectivity index (χ1) is 12.3. The molecule has 0 fully saturated rings. The monoisotopic (exact) mass is 345 g/mol. The Labute approximate surface area is 151 Å². The van der Waals surface area contributed by atoms with Crippen molar-refractivity contribution in [2.75, 3.05) is 5.32 Å². The van der Waals surface area contributed by atoms with Gasteiger partial charge in [0.05, 0.1) is 5.00 Å². The molecular formula is C22H19NOS. The number of benzene rings is 3. The van der Waals surface area contributed by atoms with E-state index in [0.29, 0.717) is 0 Å². The number of nitrogens with one attached hydrogen (secondary N) is 1. The second-order valence-electron chi connectivity index (χ2n) is 6.03. The van der Waals surface area contributed by atoms with Gasteiger partial charge < -0.3 is 10.1 Å². The van der Waals surface area contributed by atoms with E-state index in [1.165, 1.54) is 21.9 Å². The fraction of sp³-hybridized carbons (Fsp3) is 0.0909. The molecule has 124 valence electrons. The highest BCUT2D eigenvalue weighted by Crippen LogP contribution is 2.33. The van der Waals surface area contributed by atoms with E-state index >= 15 is 0 Å². The van der Waals surface area contributed by atoms with E-state index in [1.54, 1.807) is 11.3 Å². The maximum Gasteiger partial charge on any atom is 0.182 e. The van der Waals surface area contributed by atoms with Crippen LogP contribution < -0.4 is 10.1 Å². The number of hydrogen-bond acceptors (Lipinski definition) is 3. The van der Waals surface area contributed by atoms with Gasteiger partial charge in [0.15, 0.2) is 5.06 Å². The quantitative estimate of drug-likeness (QED) is 0.439. The van der Waals surface area contributed by atoms with E-state index < -0.39 is 0 Å². The zero-order valence-electron chi connectivity index (χ0n) is 14.0. The van der Waals surface area contributed by atoms with Crippen LogP contribution in [0, 0.1) is 6.92 Å². The molecule has 0 bridgehead atoms. The summed E-state index contributed by atoms with van der Waals surface area (Å²) in [5.74, 6) is 0.869. The Kier molecular flexibility index (Phi) is 4.40. The van der Waals surface area contributed by atoms with Crippen LogP contribution in [0.4, 0.5) is 5.00 Å². The minimum Gasteiger partial charge on any atom is -0.447 e. The molecule has 4 aromatic rings. The number of fused-ring (bicyclic) bond motifs is 1. The highest BCUT2D eigenvalue weighted by atomic mass is 32.1. The Morgan fingerprint density at radius 2 is 1.64 bits per heavy atom. The molecule has 0 unspecified atom stereocenters. The highest BCUT2D eigenvalue weighted by molar-refractivity contribution is 7.17. The van der Waals surface area contributed by atoms with Crippen molar-refractivity contribution in [2.24, 2.45) is 0 Å². The van der Waals surface area contributed by atoms with Crippen LogP contribution in [0.5, 0.6) is 10.8 Å². The van der Waals surface area contributed by atoms with Crippen molar-refractivity contribution in [3.63, 3.8) is 0 Å². The third-order valence-electron chi connectivity index (χ3n) is 4.15. The maximum absolute atomic E-state index is 5.91. The summed E-state index contributed by atoms with van der Waals surface area (Å²) < 4.78 is 5.91. The van der Waals surface area contributed by atoms with Gasteiger partial charge in [-0.15, -0.1) is 0 Å². The molecule has 3 heteroatoms. The molecule has 0 spiro atoms. The third kappa shape index (κ3) is 3.67. The molecule has 1 heterocycles. The molecule has 2 nitrogen and oxygen atoms in total. The van der Waals surface area contributed by atoms with Crippen LogP contribution in [-0.2, 0) is 6.54 Å². The Bertz CT molecular complexity index is 983. The Morgan fingerprint density at radius 3 is 2.52 bits per heavy atom. The molecule has 0 aliphatic carbocycles. The predicted octanol–water partition coefficient (Wildman–Crippen LogP) is 6.61. The van der Waals surface area contributed by atoms with Gasteiger partial charge in [0.25, 0.3) is 0 Å². The average molecular weight is 345 g/mol. The van der Waals surface area contributed by atoms with Crippen LogP contribution in [0.3, 0.4) is 0 Å². The lowest BCUT2D eigenvalue weighted by molar-refractivity contribution is 0.496. The van der Waals surface area contributed by atoms with Gasteiger partial charge in [0.1, 0.15) is 5.75 Å². The van der Waals surface area contributed by atoms with Crippen molar-refractivity contribution in [1.82, 2.24) is 0 Å². The van der Waals surface area contributed by atoms with Crippen molar-refractivity contribution in [2.45, 2.75) is 13.5 Å². The number of anilines is 1. The SMILES string of the molecule is Cc1ccc(Oc2ccc(NCc3cccc4ccccc34)s2)cc1. The molecule has 0 amide bonds. The van der Waals surface area contributed by atoms with Gasteiger partial charge in [-0.1, -0.05) is 71.5 Å². The molecule has 0 aliphatic rings. The molecule has 4 rings (SSSR count). The molecule has 3 aromatic carbocycles. The van der Waals surface area contributed by atoms with E-state index in [-0.39, 0.29) is 0 Å². The van der Waals surface area contributed by atoms with Crippen LogP contribution in [0.15, 0.2) is 78.9 Å². The van der Waals surface area contributed by atoms with E-state index in [0.717, 1.165) is 22.4 Å². The summed E-state index contributed by atoms with van der Waals surface area (Å²) in [5, 5.41) is 8.08. The zero-order chi connectivity index (χ0) is 17.1.